The van der Waals surface area contributed by atoms with Gasteiger partial charge in [0.05, 0.1) is 11.9 Å². The molecule has 18 heavy (non-hydrogen) atoms. The Balaban J connectivity index is 2.81. The topological polar surface area (TPSA) is 86.5 Å². The Bertz CT molecular complexity index is 402. The van der Waals surface area contributed by atoms with Crippen molar-refractivity contribution in [3.63, 3.8) is 0 Å². The van der Waals surface area contributed by atoms with Crippen molar-refractivity contribution in [1.82, 2.24) is 0 Å². The average molecular weight is 277 g/mol. The van der Waals surface area contributed by atoms with E-state index in [0.29, 0.717) is 6.42 Å². The van der Waals surface area contributed by atoms with Crippen molar-refractivity contribution >= 4 is 15.8 Å². The summed E-state index contributed by atoms with van der Waals surface area (Å²) in [7, 11) is -3.52. The van der Waals surface area contributed by atoms with Gasteiger partial charge in [0.1, 0.15) is 5.75 Å². The number of ether oxygens (including phenoxy) is 1. The lowest BCUT2D eigenvalue weighted by Crippen LogP contribution is -2.53. The maximum absolute atomic E-state index is 12.2. The molecule has 0 aromatic heterocycles. The molecule has 1 aliphatic rings. The molecule has 2 N–H and O–H groups in total. The third kappa shape index (κ3) is 3.45. The third-order valence-electron chi connectivity index (χ3n) is 3.70. The molecule has 1 fully saturated rings. The van der Waals surface area contributed by atoms with E-state index in [2.05, 4.69) is 0 Å². The van der Waals surface area contributed by atoms with Gasteiger partial charge in [-0.25, -0.2) is 8.42 Å². The fourth-order valence-corrected chi connectivity index (χ4v) is 4.45. The van der Waals surface area contributed by atoms with Gasteiger partial charge in [0.2, 0.25) is 0 Å². The van der Waals surface area contributed by atoms with Crippen LogP contribution in [0.3, 0.4) is 0 Å². The molecule has 0 aromatic rings. The third-order valence-corrected chi connectivity index (χ3v) is 5.79. The monoisotopic (exact) mass is 277 g/mol. The molecule has 2 unspecified atom stereocenters. The molecule has 2 atom stereocenters. The van der Waals surface area contributed by atoms with Crippen LogP contribution in [-0.2, 0) is 19.4 Å². The minimum atomic E-state index is -3.52. The molecule has 0 spiro atoms. The number of hydrogen-bond acceptors (Lipinski definition) is 5. The van der Waals surface area contributed by atoms with Gasteiger partial charge < -0.3 is 10.5 Å². The number of sulfone groups is 1. The summed E-state index contributed by atoms with van der Waals surface area (Å²) >= 11 is 0. The lowest BCUT2D eigenvalue weighted by atomic mass is 9.73. The van der Waals surface area contributed by atoms with Crippen LogP contribution in [0, 0.1) is 5.41 Å². The van der Waals surface area contributed by atoms with Crippen LogP contribution in [0.4, 0.5) is 0 Å². The lowest BCUT2D eigenvalue weighted by molar-refractivity contribution is -0.139. The second kappa shape index (κ2) is 5.57. The molecule has 6 heteroatoms. The minimum absolute atomic E-state index is 0.191. The number of nitrogens with two attached hydrogens (primary N) is 1. The summed E-state index contributed by atoms with van der Waals surface area (Å²) in [5.41, 5.74) is 5.86. The zero-order chi connectivity index (χ0) is 14.0. The molecule has 1 aliphatic carbocycles. The van der Waals surface area contributed by atoms with Gasteiger partial charge in [0.15, 0.2) is 9.84 Å². The number of rotatable bonds is 4. The van der Waals surface area contributed by atoms with Gasteiger partial charge in [-0.05, 0) is 25.2 Å². The van der Waals surface area contributed by atoms with E-state index in [-0.39, 0.29) is 12.0 Å². The maximum atomic E-state index is 12.2. The fourth-order valence-electron chi connectivity index (χ4n) is 2.49. The van der Waals surface area contributed by atoms with Crippen LogP contribution in [0.5, 0.6) is 0 Å². The second-order valence-corrected chi connectivity index (χ2v) is 7.78. The number of esters is 1. The highest BCUT2D eigenvalue weighted by Gasteiger charge is 2.43. The summed E-state index contributed by atoms with van der Waals surface area (Å²) in [6.07, 6.45) is 2.28. The summed E-state index contributed by atoms with van der Waals surface area (Å²) in [5, 5.41) is -0.634. The summed E-state index contributed by atoms with van der Waals surface area (Å²) in [4.78, 5) is 11.3. The van der Waals surface area contributed by atoms with E-state index in [4.69, 9.17) is 10.5 Å². The van der Waals surface area contributed by atoms with Crippen LogP contribution in [0.1, 0.15) is 40.0 Å². The molecule has 106 valence electrons. The van der Waals surface area contributed by atoms with Crippen LogP contribution in [-0.4, -0.2) is 38.0 Å². The van der Waals surface area contributed by atoms with Crippen molar-refractivity contribution in [1.29, 1.82) is 0 Å². The maximum Gasteiger partial charge on any atom is 0.321 e. The minimum Gasteiger partial charge on any atom is -0.465 e. The second-order valence-electron chi connectivity index (χ2n) is 5.56. The quantitative estimate of drug-likeness (QED) is 0.771. The molecule has 0 heterocycles. The number of carbonyl (C=O) groups excluding carboxylic acids is 1. The van der Waals surface area contributed by atoms with Crippen molar-refractivity contribution in [2.24, 2.45) is 11.1 Å². The molecule has 0 aliphatic heterocycles. The van der Waals surface area contributed by atoms with Crippen molar-refractivity contribution in [3.8, 4) is 0 Å². The largest absolute Gasteiger partial charge is 0.465 e. The summed E-state index contributed by atoms with van der Waals surface area (Å²) in [6.45, 7) is 5.80. The van der Waals surface area contributed by atoms with Crippen LogP contribution < -0.4 is 5.73 Å². The first-order valence-electron chi connectivity index (χ1n) is 6.33. The Hall–Kier alpha value is -0.620. The van der Waals surface area contributed by atoms with Gasteiger partial charge in [-0.3, -0.25) is 4.79 Å². The highest BCUT2D eigenvalue weighted by molar-refractivity contribution is 7.92. The molecule has 0 saturated heterocycles. The van der Waals surface area contributed by atoms with Gasteiger partial charge in [0.25, 0.3) is 0 Å². The highest BCUT2D eigenvalue weighted by atomic mass is 32.2. The van der Waals surface area contributed by atoms with Crippen LogP contribution in [0.15, 0.2) is 0 Å². The van der Waals surface area contributed by atoms with E-state index in [1.165, 1.54) is 0 Å². The van der Waals surface area contributed by atoms with Crippen LogP contribution >= 0.6 is 0 Å². The predicted octanol–water partition coefficient (Wildman–Crippen LogP) is 0.870. The number of carbonyl (C=O) groups is 1. The molecule has 0 aromatic carbocycles. The smallest absolute Gasteiger partial charge is 0.321 e. The molecule has 0 amide bonds. The van der Waals surface area contributed by atoms with E-state index in [1.807, 2.05) is 13.8 Å². The first-order chi connectivity index (χ1) is 8.20. The van der Waals surface area contributed by atoms with E-state index < -0.39 is 32.9 Å². The first kappa shape index (κ1) is 15.4. The summed E-state index contributed by atoms with van der Waals surface area (Å²) in [6, 6.07) is -0.425. The SMILES string of the molecule is CCOC(=O)CS(=O)(=O)C1CCCC(C)(C)C1N. The molecule has 1 rings (SSSR count). The van der Waals surface area contributed by atoms with Gasteiger partial charge >= 0.3 is 5.97 Å². The number of hydrogen-bond donors (Lipinski definition) is 1. The average Bonchev–Trinajstić information content (AvgIpc) is 2.21. The first-order valence-corrected chi connectivity index (χ1v) is 8.05. The highest BCUT2D eigenvalue weighted by Crippen LogP contribution is 2.37. The van der Waals surface area contributed by atoms with Crippen molar-refractivity contribution in [3.05, 3.63) is 0 Å². The lowest BCUT2D eigenvalue weighted by Gasteiger charge is -2.41. The van der Waals surface area contributed by atoms with Crippen LogP contribution in [0.25, 0.3) is 0 Å². The molecular formula is C12H23NO4S. The Morgan fingerprint density at radius 3 is 2.61 bits per heavy atom. The van der Waals surface area contributed by atoms with Crippen molar-refractivity contribution in [2.45, 2.75) is 51.3 Å². The Morgan fingerprint density at radius 1 is 1.44 bits per heavy atom. The zero-order valence-corrected chi connectivity index (χ0v) is 12.1. The molecule has 0 radical (unpaired) electrons. The normalized spacial score (nSPS) is 27.8. The van der Waals surface area contributed by atoms with Gasteiger partial charge in [-0.2, -0.15) is 0 Å². The summed E-state index contributed by atoms with van der Waals surface area (Å²) in [5.74, 6) is -1.25. The Morgan fingerprint density at radius 2 is 2.06 bits per heavy atom. The Kier molecular flexibility index (Phi) is 4.78. The molecular weight excluding hydrogens is 254 g/mol. The van der Waals surface area contributed by atoms with E-state index >= 15 is 0 Å². The van der Waals surface area contributed by atoms with Crippen molar-refractivity contribution in [2.75, 3.05) is 12.4 Å². The molecule has 1 saturated carbocycles. The Labute approximate surface area is 109 Å². The molecule has 0 bridgehead atoms. The molecule has 5 nitrogen and oxygen atoms in total. The zero-order valence-electron chi connectivity index (χ0n) is 11.3. The fraction of sp³-hybridized carbons (Fsp3) is 0.917. The van der Waals surface area contributed by atoms with E-state index in [1.54, 1.807) is 6.92 Å². The summed E-state index contributed by atoms with van der Waals surface area (Å²) < 4.78 is 29.1. The van der Waals surface area contributed by atoms with Crippen molar-refractivity contribution < 1.29 is 17.9 Å². The van der Waals surface area contributed by atoms with Gasteiger partial charge in [-0.1, -0.05) is 20.3 Å². The van der Waals surface area contributed by atoms with Gasteiger partial charge in [-0.15, -0.1) is 0 Å². The van der Waals surface area contributed by atoms with E-state index in [0.717, 1.165) is 12.8 Å². The predicted molar refractivity (Wildman–Crippen MR) is 69.8 cm³/mol. The van der Waals surface area contributed by atoms with E-state index in [9.17, 15) is 13.2 Å². The van der Waals surface area contributed by atoms with Crippen LogP contribution in [0.2, 0.25) is 0 Å². The standard InChI is InChI=1S/C12H23NO4S/c1-4-17-10(14)8-18(15,16)9-6-5-7-12(2,3)11(9)13/h9,11H,4-8,13H2,1-3H3. The van der Waals surface area contributed by atoms with Gasteiger partial charge in [0, 0.05) is 6.04 Å².